The highest BCUT2D eigenvalue weighted by Crippen LogP contribution is 2.36. The Morgan fingerprint density at radius 3 is 2.65 bits per heavy atom. The second-order valence-electron chi connectivity index (χ2n) is 5.22. The van der Waals surface area contributed by atoms with Gasteiger partial charge < -0.3 is 14.8 Å². The van der Waals surface area contributed by atoms with E-state index >= 15 is 0 Å². The summed E-state index contributed by atoms with van der Waals surface area (Å²) in [6.45, 7) is 7.01. The summed E-state index contributed by atoms with van der Waals surface area (Å²) < 4.78 is 12.0. The first kappa shape index (κ1) is 17.6. The smallest absolute Gasteiger partial charge is 0.175 e. The van der Waals surface area contributed by atoms with Crippen LogP contribution in [-0.4, -0.2) is 13.7 Å². The first-order valence-electron chi connectivity index (χ1n) is 7.54. The molecule has 0 heterocycles. The summed E-state index contributed by atoms with van der Waals surface area (Å²) in [5.74, 6) is 1.41. The van der Waals surface area contributed by atoms with E-state index in [-0.39, 0.29) is 6.04 Å². The van der Waals surface area contributed by atoms with Gasteiger partial charge in [-0.3, -0.25) is 0 Å². The third-order valence-corrected chi connectivity index (χ3v) is 4.14. The average molecular weight is 376 g/mol. The molecule has 3 nitrogen and oxygen atoms in total. The Morgan fingerprint density at radius 1 is 1.26 bits per heavy atom. The first-order chi connectivity index (χ1) is 11.2. The van der Waals surface area contributed by atoms with Crippen LogP contribution in [0.15, 0.2) is 59.6 Å². The van der Waals surface area contributed by atoms with Gasteiger partial charge in [0.05, 0.1) is 11.6 Å². The van der Waals surface area contributed by atoms with Crippen molar-refractivity contribution in [1.82, 2.24) is 5.32 Å². The van der Waals surface area contributed by atoms with Crippen LogP contribution in [0.2, 0.25) is 0 Å². The molecule has 0 aliphatic heterocycles. The van der Waals surface area contributed by atoms with Crippen molar-refractivity contribution in [2.45, 2.75) is 19.5 Å². The van der Waals surface area contributed by atoms with Crippen molar-refractivity contribution in [2.75, 3.05) is 13.7 Å². The van der Waals surface area contributed by atoms with Gasteiger partial charge in [-0.25, -0.2) is 0 Å². The molecule has 23 heavy (non-hydrogen) atoms. The highest BCUT2D eigenvalue weighted by molar-refractivity contribution is 9.10. The van der Waals surface area contributed by atoms with Gasteiger partial charge in [0.15, 0.2) is 11.5 Å². The number of hydrogen-bond acceptors (Lipinski definition) is 3. The Bertz CT molecular complexity index is 643. The van der Waals surface area contributed by atoms with Crippen LogP contribution in [0.3, 0.4) is 0 Å². The minimum Gasteiger partial charge on any atom is -0.493 e. The zero-order chi connectivity index (χ0) is 16.7. The van der Waals surface area contributed by atoms with Crippen molar-refractivity contribution >= 4 is 15.9 Å². The van der Waals surface area contributed by atoms with Gasteiger partial charge in [0.1, 0.15) is 6.61 Å². The van der Waals surface area contributed by atoms with E-state index in [2.05, 4.69) is 59.0 Å². The Hall–Kier alpha value is -1.78. The minimum atomic E-state index is 0.276. The molecule has 1 atom stereocenters. The summed E-state index contributed by atoms with van der Waals surface area (Å²) in [6.07, 6.45) is 1.71. The van der Waals surface area contributed by atoms with Crippen LogP contribution in [-0.2, 0) is 6.54 Å². The summed E-state index contributed by atoms with van der Waals surface area (Å²) in [5.41, 5.74) is 2.40. The lowest BCUT2D eigenvalue weighted by molar-refractivity contribution is 0.324. The minimum absolute atomic E-state index is 0.276. The van der Waals surface area contributed by atoms with Crippen LogP contribution in [0.5, 0.6) is 11.5 Å². The van der Waals surface area contributed by atoms with E-state index in [0.29, 0.717) is 18.1 Å². The quantitative estimate of drug-likeness (QED) is 0.667. The second-order valence-corrected chi connectivity index (χ2v) is 6.08. The molecule has 0 bridgehead atoms. The molecule has 1 unspecified atom stereocenters. The molecule has 0 fully saturated rings. The number of hydrogen-bond donors (Lipinski definition) is 1. The molecule has 1 N–H and O–H groups in total. The third kappa shape index (κ3) is 4.85. The molecule has 2 aromatic rings. The van der Waals surface area contributed by atoms with Gasteiger partial charge in [-0.05, 0) is 46.1 Å². The predicted molar refractivity (Wildman–Crippen MR) is 98.1 cm³/mol. The zero-order valence-electron chi connectivity index (χ0n) is 13.5. The van der Waals surface area contributed by atoms with Gasteiger partial charge in [-0.15, -0.1) is 0 Å². The predicted octanol–water partition coefficient (Wildman–Crippen LogP) is 4.87. The molecule has 0 amide bonds. The standard InChI is InChI=1S/C19H22BrNO2/c1-4-10-23-19-17(20)11-15(12-18(19)22-3)13-21-14(2)16-8-6-5-7-9-16/h4-9,11-12,14,21H,1,10,13H2,2-3H3. The Labute approximate surface area is 146 Å². The van der Waals surface area contributed by atoms with Crippen molar-refractivity contribution in [1.29, 1.82) is 0 Å². The molecule has 2 aromatic carbocycles. The van der Waals surface area contributed by atoms with Crippen LogP contribution in [0.4, 0.5) is 0 Å². The maximum absolute atomic E-state index is 5.65. The fourth-order valence-electron chi connectivity index (χ4n) is 2.29. The number of ether oxygens (including phenoxy) is 2. The number of nitrogens with one attached hydrogen (secondary N) is 1. The lowest BCUT2D eigenvalue weighted by Gasteiger charge is -2.17. The molecule has 0 aliphatic carbocycles. The lowest BCUT2D eigenvalue weighted by atomic mass is 10.1. The van der Waals surface area contributed by atoms with Crippen molar-refractivity contribution < 1.29 is 9.47 Å². The summed E-state index contributed by atoms with van der Waals surface area (Å²) >= 11 is 3.55. The number of benzene rings is 2. The molecule has 0 saturated carbocycles. The Balaban J connectivity index is 2.08. The van der Waals surface area contributed by atoms with Crippen molar-refractivity contribution in [2.24, 2.45) is 0 Å². The first-order valence-corrected chi connectivity index (χ1v) is 8.33. The maximum atomic E-state index is 5.65. The van der Waals surface area contributed by atoms with Crippen LogP contribution in [0.25, 0.3) is 0 Å². The van der Waals surface area contributed by atoms with Crippen molar-refractivity contribution in [3.05, 3.63) is 70.7 Å². The zero-order valence-corrected chi connectivity index (χ0v) is 15.1. The van der Waals surface area contributed by atoms with E-state index in [1.165, 1.54) is 5.56 Å². The van der Waals surface area contributed by atoms with Gasteiger partial charge >= 0.3 is 0 Å². The number of rotatable bonds is 8. The number of methoxy groups -OCH3 is 1. The van der Waals surface area contributed by atoms with Crippen LogP contribution in [0, 0.1) is 0 Å². The summed E-state index contributed by atoms with van der Waals surface area (Å²) in [5, 5.41) is 3.52. The fourth-order valence-corrected chi connectivity index (χ4v) is 2.89. The Morgan fingerprint density at radius 2 is 2.00 bits per heavy atom. The fraction of sp³-hybridized carbons (Fsp3) is 0.263. The van der Waals surface area contributed by atoms with E-state index < -0.39 is 0 Å². The van der Waals surface area contributed by atoms with Crippen LogP contribution >= 0.6 is 15.9 Å². The molecular formula is C19H22BrNO2. The van der Waals surface area contributed by atoms with E-state index in [9.17, 15) is 0 Å². The largest absolute Gasteiger partial charge is 0.493 e. The van der Waals surface area contributed by atoms with Crippen molar-refractivity contribution in [3.8, 4) is 11.5 Å². The van der Waals surface area contributed by atoms with Gasteiger partial charge in [0.25, 0.3) is 0 Å². The molecule has 0 aromatic heterocycles. The Kier molecular flexibility index (Phi) is 6.68. The van der Waals surface area contributed by atoms with Crippen LogP contribution in [0.1, 0.15) is 24.1 Å². The SMILES string of the molecule is C=CCOc1c(Br)cc(CNC(C)c2ccccc2)cc1OC. The molecular weight excluding hydrogens is 354 g/mol. The molecule has 2 rings (SSSR count). The summed E-state index contributed by atoms with van der Waals surface area (Å²) in [4.78, 5) is 0. The van der Waals surface area contributed by atoms with E-state index in [4.69, 9.17) is 9.47 Å². The van der Waals surface area contributed by atoms with E-state index in [1.54, 1.807) is 13.2 Å². The van der Waals surface area contributed by atoms with E-state index in [0.717, 1.165) is 16.6 Å². The topological polar surface area (TPSA) is 30.5 Å². The normalized spacial score (nSPS) is 11.8. The number of halogens is 1. The third-order valence-electron chi connectivity index (χ3n) is 3.55. The average Bonchev–Trinajstić information content (AvgIpc) is 2.59. The summed E-state index contributed by atoms with van der Waals surface area (Å²) in [6, 6.07) is 14.7. The molecule has 122 valence electrons. The molecule has 4 heteroatoms. The van der Waals surface area contributed by atoms with Crippen LogP contribution < -0.4 is 14.8 Å². The monoisotopic (exact) mass is 375 g/mol. The lowest BCUT2D eigenvalue weighted by Crippen LogP contribution is -2.18. The van der Waals surface area contributed by atoms with Gasteiger partial charge in [0.2, 0.25) is 0 Å². The highest BCUT2D eigenvalue weighted by Gasteiger charge is 2.12. The molecule has 0 saturated heterocycles. The maximum Gasteiger partial charge on any atom is 0.175 e. The van der Waals surface area contributed by atoms with Crippen molar-refractivity contribution in [3.63, 3.8) is 0 Å². The molecule has 0 radical (unpaired) electrons. The molecule has 0 aliphatic rings. The van der Waals surface area contributed by atoms with Gasteiger partial charge in [-0.1, -0.05) is 43.0 Å². The second kappa shape index (κ2) is 8.75. The summed E-state index contributed by atoms with van der Waals surface area (Å²) in [7, 11) is 1.65. The highest BCUT2D eigenvalue weighted by atomic mass is 79.9. The van der Waals surface area contributed by atoms with Gasteiger partial charge in [-0.2, -0.15) is 0 Å². The molecule has 0 spiro atoms. The van der Waals surface area contributed by atoms with E-state index in [1.807, 2.05) is 18.2 Å². The van der Waals surface area contributed by atoms with Gasteiger partial charge in [0, 0.05) is 12.6 Å².